The highest BCUT2D eigenvalue weighted by Gasteiger charge is 2.35. The molecule has 1 fully saturated rings. The van der Waals surface area contributed by atoms with Crippen LogP contribution in [0.15, 0.2) is 54.6 Å². The van der Waals surface area contributed by atoms with Gasteiger partial charge in [0.25, 0.3) is 0 Å². The molecule has 1 heterocycles. The number of nitrogens with one attached hydrogen (secondary N) is 1. The second-order valence-corrected chi connectivity index (χ2v) is 5.56. The van der Waals surface area contributed by atoms with Gasteiger partial charge in [-0.15, -0.1) is 12.4 Å². The van der Waals surface area contributed by atoms with Gasteiger partial charge in [-0.2, -0.15) is 0 Å². The van der Waals surface area contributed by atoms with Crippen LogP contribution in [0.2, 0.25) is 0 Å². The topological polar surface area (TPSA) is 12.0 Å². The largest absolute Gasteiger partial charge is 0.317 e. The van der Waals surface area contributed by atoms with Gasteiger partial charge in [0.15, 0.2) is 0 Å². The molecule has 1 nitrogen and oxygen atoms in total. The summed E-state index contributed by atoms with van der Waals surface area (Å²) in [4.78, 5) is 0. The fraction of sp³-hybridized carbons (Fsp3) is 0.333. The molecule has 0 aliphatic carbocycles. The quantitative estimate of drug-likeness (QED) is 0.877. The van der Waals surface area contributed by atoms with Gasteiger partial charge in [-0.3, -0.25) is 0 Å². The van der Waals surface area contributed by atoms with Crippen LogP contribution in [0.25, 0.3) is 0 Å². The average Bonchev–Trinajstić information content (AvgIpc) is 2.49. The van der Waals surface area contributed by atoms with Crippen molar-refractivity contribution in [2.45, 2.75) is 25.2 Å². The Morgan fingerprint density at radius 1 is 0.800 bits per heavy atom. The summed E-state index contributed by atoms with van der Waals surface area (Å²) in [6.07, 6.45) is 2.36. The lowest BCUT2D eigenvalue weighted by Crippen LogP contribution is -2.40. The van der Waals surface area contributed by atoms with E-state index in [1.165, 1.54) is 29.5 Å². The molecule has 0 amide bonds. The van der Waals surface area contributed by atoms with E-state index in [2.05, 4.69) is 66.8 Å². The second kappa shape index (κ2) is 6.43. The lowest BCUT2D eigenvalue weighted by Gasteiger charge is -2.39. The molecule has 2 aromatic rings. The smallest absolute Gasteiger partial charge is 0.0227 e. The first kappa shape index (κ1) is 15.1. The average molecular weight is 288 g/mol. The summed E-state index contributed by atoms with van der Waals surface area (Å²) in [5, 5.41) is 3.49. The SMILES string of the molecule is Cc1ccc(C2(c3ccccc3)CCNCC2)cc1.Cl. The Morgan fingerprint density at radius 2 is 1.35 bits per heavy atom. The minimum Gasteiger partial charge on any atom is -0.317 e. The third-order valence-electron chi connectivity index (χ3n) is 4.39. The number of halogens is 1. The van der Waals surface area contributed by atoms with Crippen molar-refractivity contribution >= 4 is 12.4 Å². The molecular formula is C18H22ClN. The van der Waals surface area contributed by atoms with Crippen LogP contribution in [-0.2, 0) is 5.41 Å². The van der Waals surface area contributed by atoms with Crippen molar-refractivity contribution in [2.24, 2.45) is 0 Å². The summed E-state index contributed by atoms with van der Waals surface area (Å²) < 4.78 is 0. The minimum absolute atomic E-state index is 0. The zero-order valence-corrected chi connectivity index (χ0v) is 12.7. The molecular weight excluding hydrogens is 266 g/mol. The minimum atomic E-state index is 0. The first-order valence-electron chi connectivity index (χ1n) is 7.15. The summed E-state index contributed by atoms with van der Waals surface area (Å²) in [5.74, 6) is 0. The van der Waals surface area contributed by atoms with Crippen LogP contribution in [0.4, 0.5) is 0 Å². The van der Waals surface area contributed by atoms with Crippen molar-refractivity contribution < 1.29 is 0 Å². The fourth-order valence-electron chi connectivity index (χ4n) is 3.23. The van der Waals surface area contributed by atoms with Crippen LogP contribution in [-0.4, -0.2) is 13.1 Å². The Bertz CT molecular complexity index is 527. The molecule has 1 saturated heterocycles. The van der Waals surface area contributed by atoms with E-state index >= 15 is 0 Å². The summed E-state index contributed by atoms with van der Waals surface area (Å²) in [6.45, 7) is 4.35. The first-order chi connectivity index (χ1) is 9.31. The lowest BCUT2D eigenvalue weighted by molar-refractivity contribution is 0.362. The van der Waals surface area contributed by atoms with Gasteiger partial charge in [0.2, 0.25) is 0 Å². The van der Waals surface area contributed by atoms with Gasteiger partial charge in [-0.25, -0.2) is 0 Å². The molecule has 0 unspecified atom stereocenters. The van der Waals surface area contributed by atoms with Gasteiger partial charge < -0.3 is 5.32 Å². The highest BCUT2D eigenvalue weighted by molar-refractivity contribution is 5.85. The van der Waals surface area contributed by atoms with Crippen molar-refractivity contribution in [3.05, 3.63) is 71.3 Å². The molecule has 20 heavy (non-hydrogen) atoms. The zero-order chi connectivity index (χ0) is 13.1. The number of benzene rings is 2. The predicted octanol–water partition coefficient (Wildman–Crippen LogP) is 4.09. The number of hydrogen-bond acceptors (Lipinski definition) is 1. The molecule has 0 atom stereocenters. The van der Waals surface area contributed by atoms with Crippen LogP contribution in [0.1, 0.15) is 29.5 Å². The van der Waals surface area contributed by atoms with E-state index in [4.69, 9.17) is 0 Å². The van der Waals surface area contributed by atoms with E-state index in [1.54, 1.807) is 0 Å². The maximum absolute atomic E-state index is 3.49. The molecule has 1 N–H and O–H groups in total. The van der Waals surface area contributed by atoms with Crippen molar-refractivity contribution in [3.63, 3.8) is 0 Å². The van der Waals surface area contributed by atoms with Gasteiger partial charge in [0.1, 0.15) is 0 Å². The molecule has 1 aliphatic heterocycles. The third-order valence-corrected chi connectivity index (χ3v) is 4.39. The number of aryl methyl sites for hydroxylation is 1. The third kappa shape index (κ3) is 2.74. The molecule has 0 spiro atoms. The zero-order valence-electron chi connectivity index (χ0n) is 11.9. The Labute approximate surface area is 127 Å². The summed E-state index contributed by atoms with van der Waals surface area (Å²) in [6, 6.07) is 20.1. The monoisotopic (exact) mass is 287 g/mol. The molecule has 106 valence electrons. The van der Waals surface area contributed by atoms with E-state index in [0.717, 1.165) is 13.1 Å². The Hall–Kier alpha value is -1.31. The second-order valence-electron chi connectivity index (χ2n) is 5.56. The molecule has 0 aromatic heterocycles. The van der Waals surface area contributed by atoms with E-state index in [0.29, 0.717) is 0 Å². The summed E-state index contributed by atoms with van der Waals surface area (Å²) >= 11 is 0. The molecule has 2 aromatic carbocycles. The van der Waals surface area contributed by atoms with Crippen molar-refractivity contribution in [1.29, 1.82) is 0 Å². The van der Waals surface area contributed by atoms with Gasteiger partial charge in [-0.1, -0.05) is 60.2 Å². The Kier molecular flexibility index (Phi) is 4.85. The normalized spacial score (nSPS) is 17.2. The van der Waals surface area contributed by atoms with Gasteiger partial charge in [0.05, 0.1) is 0 Å². The van der Waals surface area contributed by atoms with Crippen LogP contribution in [0.5, 0.6) is 0 Å². The summed E-state index contributed by atoms with van der Waals surface area (Å²) in [7, 11) is 0. The highest BCUT2D eigenvalue weighted by atomic mass is 35.5. The first-order valence-corrected chi connectivity index (χ1v) is 7.15. The lowest BCUT2D eigenvalue weighted by atomic mass is 9.68. The maximum atomic E-state index is 3.49. The Balaban J connectivity index is 0.00000147. The van der Waals surface area contributed by atoms with Crippen LogP contribution in [0, 0.1) is 6.92 Å². The van der Waals surface area contributed by atoms with Gasteiger partial charge in [-0.05, 0) is 44.0 Å². The van der Waals surface area contributed by atoms with Gasteiger partial charge in [0, 0.05) is 5.41 Å². The molecule has 2 heteroatoms. The molecule has 0 radical (unpaired) electrons. The van der Waals surface area contributed by atoms with Crippen LogP contribution < -0.4 is 5.32 Å². The molecule has 3 rings (SSSR count). The van der Waals surface area contributed by atoms with Crippen LogP contribution in [0.3, 0.4) is 0 Å². The summed E-state index contributed by atoms with van der Waals surface area (Å²) in [5.41, 5.74) is 4.45. The molecule has 0 bridgehead atoms. The maximum Gasteiger partial charge on any atom is 0.0227 e. The number of piperidine rings is 1. The van der Waals surface area contributed by atoms with Crippen molar-refractivity contribution in [3.8, 4) is 0 Å². The van der Waals surface area contributed by atoms with E-state index < -0.39 is 0 Å². The number of rotatable bonds is 2. The van der Waals surface area contributed by atoms with Gasteiger partial charge >= 0.3 is 0 Å². The van der Waals surface area contributed by atoms with E-state index in [1.807, 2.05) is 0 Å². The Morgan fingerprint density at radius 3 is 1.95 bits per heavy atom. The highest BCUT2D eigenvalue weighted by Crippen LogP contribution is 2.40. The van der Waals surface area contributed by atoms with Crippen molar-refractivity contribution in [2.75, 3.05) is 13.1 Å². The molecule has 1 aliphatic rings. The molecule has 0 saturated carbocycles. The standard InChI is InChI=1S/C18H21N.ClH/c1-15-7-9-17(10-8-15)18(11-13-19-14-12-18)16-5-3-2-4-6-16;/h2-10,19H,11-14H2,1H3;1H. The predicted molar refractivity (Wildman–Crippen MR) is 87.8 cm³/mol. The van der Waals surface area contributed by atoms with E-state index in [-0.39, 0.29) is 17.8 Å². The fourth-order valence-corrected chi connectivity index (χ4v) is 3.23. The van der Waals surface area contributed by atoms with E-state index in [9.17, 15) is 0 Å². The van der Waals surface area contributed by atoms with Crippen molar-refractivity contribution in [1.82, 2.24) is 5.32 Å². The van der Waals surface area contributed by atoms with Crippen LogP contribution >= 0.6 is 12.4 Å². The number of hydrogen-bond donors (Lipinski definition) is 1.